The molecule has 13 heavy (non-hydrogen) atoms. The van der Waals surface area contributed by atoms with Crippen LogP contribution in [-0.4, -0.2) is 18.7 Å². The summed E-state index contributed by atoms with van der Waals surface area (Å²) in [4.78, 5) is 11.1. The maximum atomic E-state index is 11.1. The zero-order valence-electron chi connectivity index (χ0n) is 7.32. The largest absolute Gasteiger partial charge is 0.425 e. The summed E-state index contributed by atoms with van der Waals surface area (Å²) in [6.45, 7) is 2.47. The molecule has 1 heterocycles. The van der Waals surface area contributed by atoms with Crippen LogP contribution in [0.4, 0.5) is 0 Å². The summed E-state index contributed by atoms with van der Waals surface area (Å²) in [6.07, 6.45) is -0.332. The fraction of sp³-hybridized carbons (Fsp3) is 0.300. The molecule has 0 amide bonds. The van der Waals surface area contributed by atoms with Gasteiger partial charge in [0.25, 0.3) is 0 Å². The Morgan fingerprint density at radius 3 is 2.62 bits per heavy atom. The molecular weight excluding hydrogens is 168 g/mol. The molecule has 0 N–H and O–H groups in total. The van der Waals surface area contributed by atoms with Gasteiger partial charge in [-0.2, -0.15) is 0 Å². The number of hydrogen-bond donors (Lipinski definition) is 0. The van der Waals surface area contributed by atoms with Crippen LogP contribution in [0.15, 0.2) is 24.3 Å². The maximum absolute atomic E-state index is 11.1. The second-order valence-corrected chi connectivity index (χ2v) is 3.06. The highest BCUT2D eigenvalue weighted by atomic mass is 16.6. The Hall–Kier alpha value is -1.35. The van der Waals surface area contributed by atoms with Crippen LogP contribution in [0.3, 0.4) is 0 Å². The third-order valence-corrected chi connectivity index (χ3v) is 1.84. The summed E-state index contributed by atoms with van der Waals surface area (Å²) in [5, 5.41) is 0. The van der Waals surface area contributed by atoms with Gasteiger partial charge in [0, 0.05) is 0 Å². The van der Waals surface area contributed by atoms with E-state index in [1.54, 1.807) is 12.1 Å². The molecule has 3 nitrogen and oxygen atoms in total. The molecule has 1 atom stereocenters. The number of esters is 1. The van der Waals surface area contributed by atoms with Crippen LogP contribution in [0.5, 0.6) is 5.75 Å². The molecule has 3 heteroatoms. The van der Waals surface area contributed by atoms with E-state index < -0.39 is 0 Å². The van der Waals surface area contributed by atoms with Crippen molar-refractivity contribution in [3.05, 3.63) is 29.8 Å². The zero-order valence-corrected chi connectivity index (χ0v) is 7.32. The highest BCUT2D eigenvalue weighted by Gasteiger charge is 2.33. The average molecular weight is 178 g/mol. The van der Waals surface area contributed by atoms with Gasteiger partial charge < -0.3 is 9.47 Å². The van der Waals surface area contributed by atoms with Crippen molar-refractivity contribution >= 4 is 5.97 Å². The van der Waals surface area contributed by atoms with E-state index in [9.17, 15) is 4.79 Å². The minimum absolute atomic E-state index is 0.302. The van der Waals surface area contributed by atoms with E-state index in [0.29, 0.717) is 12.4 Å². The van der Waals surface area contributed by atoms with Gasteiger partial charge in [-0.15, -0.1) is 0 Å². The van der Waals surface area contributed by atoms with E-state index >= 15 is 0 Å². The number of rotatable bonds is 2. The molecule has 1 saturated heterocycles. The van der Waals surface area contributed by atoms with E-state index in [0.717, 1.165) is 5.56 Å². The van der Waals surface area contributed by atoms with E-state index in [1.807, 2.05) is 19.1 Å². The molecule has 0 aliphatic carbocycles. The van der Waals surface area contributed by atoms with Gasteiger partial charge in [-0.3, -0.25) is 0 Å². The number of carbonyl (C=O) groups is 1. The molecule has 0 aromatic heterocycles. The first-order valence-electron chi connectivity index (χ1n) is 4.16. The SMILES string of the molecule is Cc1ccc(OC(=O)C2CO2)cc1. The van der Waals surface area contributed by atoms with Gasteiger partial charge in [0.05, 0.1) is 6.61 Å². The first kappa shape index (κ1) is 8.26. The normalized spacial score (nSPS) is 19.6. The number of aryl methyl sites for hydroxylation is 1. The fourth-order valence-electron chi connectivity index (χ4n) is 0.972. The van der Waals surface area contributed by atoms with Crippen molar-refractivity contribution < 1.29 is 14.3 Å². The quantitative estimate of drug-likeness (QED) is 0.389. The Labute approximate surface area is 76.3 Å². The third-order valence-electron chi connectivity index (χ3n) is 1.84. The van der Waals surface area contributed by atoms with Gasteiger partial charge in [-0.05, 0) is 19.1 Å². The van der Waals surface area contributed by atoms with Gasteiger partial charge >= 0.3 is 5.97 Å². The van der Waals surface area contributed by atoms with Crippen molar-refractivity contribution in [1.29, 1.82) is 0 Å². The molecule has 1 aliphatic rings. The Morgan fingerprint density at radius 1 is 1.46 bits per heavy atom. The maximum Gasteiger partial charge on any atom is 0.343 e. The Bertz CT molecular complexity index is 311. The van der Waals surface area contributed by atoms with E-state index in [2.05, 4.69) is 0 Å². The Balaban J connectivity index is 2.00. The first-order chi connectivity index (χ1) is 6.25. The van der Waals surface area contributed by atoms with Crippen LogP contribution in [0, 0.1) is 6.92 Å². The summed E-state index contributed by atoms with van der Waals surface area (Å²) < 4.78 is 9.82. The molecule has 2 rings (SSSR count). The number of epoxide rings is 1. The third kappa shape index (κ3) is 2.06. The predicted molar refractivity (Wildman–Crippen MR) is 46.6 cm³/mol. The lowest BCUT2D eigenvalue weighted by Crippen LogP contribution is -2.14. The van der Waals surface area contributed by atoms with Crippen molar-refractivity contribution in [2.45, 2.75) is 13.0 Å². The number of hydrogen-bond acceptors (Lipinski definition) is 3. The molecule has 1 aromatic carbocycles. The van der Waals surface area contributed by atoms with E-state index in [4.69, 9.17) is 9.47 Å². The molecular formula is C10H10O3. The summed E-state index contributed by atoms with van der Waals surface area (Å²) in [5.74, 6) is 0.273. The molecule has 68 valence electrons. The average Bonchev–Trinajstić information content (AvgIpc) is 2.91. The second-order valence-electron chi connectivity index (χ2n) is 3.06. The Morgan fingerprint density at radius 2 is 2.08 bits per heavy atom. The van der Waals surface area contributed by atoms with Crippen molar-refractivity contribution in [2.24, 2.45) is 0 Å². The predicted octanol–water partition coefficient (Wildman–Crippen LogP) is 1.30. The number of benzene rings is 1. The van der Waals surface area contributed by atoms with E-state index in [-0.39, 0.29) is 12.1 Å². The van der Waals surface area contributed by atoms with Crippen LogP contribution >= 0.6 is 0 Å². The summed E-state index contributed by atoms with van der Waals surface area (Å²) >= 11 is 0. The van der Waals surface area contributed by atoms with Crippen molar-refractivity contribution in [2.75, 3.05) is 6.61 Å². The molecule has 1 fully saturated rings. The van der Waals surface area contributed by atoms with Crippen LogP contribution in [0.1, 0.15) is 5.56 Å². The van der Waals surface area contributed by atoms with Gasteiger partial charge in [0.15, 0.2) is 6.10 Å². The van der Waals surface area contributed by atoms with Gasteiger partial charge in [0.1, 0.15) is 5.75 Å². The van der Waals surface area contributed by atoms with Crippen LogP contribution in [0.25, 0.3) is 0 Å². The standard InChI is InChI=1S/C10H10O3/c1-7-2-4-8(5-3-7)13-10(11)9-6-12-9/h2-5,9H,6H2,1H3. The van der Waals surface area contributed by atoms with Crippen molar-refractivity contribution in [1.82, 2.24) is 0 Å². The molecule has 0 saturated carbocycles. The zero-order chi connectivity index (χ0) is 9.26. The van der Waals surface area contributed by atoms with Gasteiger partial charge in [0.2, 0.25) is 0 Å². The highest BCUT2D eigenvalue weighted by molar-refractivity contribution is 5.79. The Kier molecular flexibility index (Phi) is 2.02. The summed E-state index contributed by atoms with van der Waals surface area (Å²) in [6, 6.07) is 7.35. The molecule has 0 bridgehead atoms. The minimum Gasteiger partial charge on any atom is -0.425 e. The van der Waals surface area contributed by atoms with Crippen LogP contribution < -0.4 is 4.74 Å². The topological polar surface area (TPSA) is 38.8 Å². The van der Waals surface area contributed by atoms with Gasteiger partial charge in [-0.25, -0.2) is 4.79 Å². The lowest BCUT2D eigenvalue weighted by Gasteiger charge is -2.01. The van der Waals surface area contributed by atoms with Crippen molar-refractivity contribution in [3.63, 3.8) is 0 Å². The number of carbonyl (C=O) groups excluding carboxylic acids is 1. The highest BCUT2D eigenvalue weighted by Crippen LogP contribution is 2.16. The first-order valence-corrected chi connectivity index (χ1v) is 4.16. The van der Waals surface area contributed by atoms with Crippen LogP contribution in [0.2, 0.25) is 0 Å². The molecule has 1 aromatic rings. The lowest BCUT2D eigenvalue weighted by molar-refractivity contribution is -0.135. The van der Waals surface area contributed by atoms with Crippen molar-refractivity contribution in [3.8, 4) is 5.75 Å². The van der Waals surface area contributed by atoms with Gasteiger partial charge in [-0.1, -0.05) is 17.7 Å². The second kappa shape index (κ2) is 3.18. The monoisotopic (exact) mass is 178 g/mol. The molecule has 0 radical (unpaired) electrons. The van der Waals surface area contributed by atoms with E-state index in [1.165, 1.54) is 0 Å². The summed E-state index contributed by atoms with van der Waals surface area (Å²) in [5.41, 5.74) is 1.14. The summed E-state index contributed by atoms with van der Waals surface area (Å²) in [7, 11) is 0. The smallest absolute Gasteiger partial charge is 0.343 e. The van der Waals surface area contributed by atoms with Crippen LogP contribution in [-0.2, 0) is 9.53 Å². The molecule has 1 aliphatic heterocycles. The number of ether oxygens (including phenoxy) is 2. The lowest BCUT2D eigenvalue weighted by atomic mass is 10.2. The minimum atomic E-state index is -0.332. The fourth-order valence-corrected chi connectivity index (χ4v) is 0.972. The molecule has 0 spiro atoms. The molecule has 1 unspecified atom stereocenters.